The molecule has 1 aliphatic carbocycles. The van der Waals surface area contributed by atoms with Gasteiger partial charge in [-0.25, -0.2) is 0 Å². The largest absolute Gasteiger partial charge is 0.456 e. The first kappa shape index (κ1) is 20.3. The van der Waals surface area contributed by atoms with Crippen molar-refractivity contribution in [3.05, 3.63) is 58.5 Å². The van der Waals surface area contributed by atoms with Crippen LogP contribution in [-0.4, -0.2) is 28.9 Å². The lowest BCUT2D eigenvalue weighted by Gasteiger charge is -2.26. The van der Waals surface area contributed by atoms with Gasteiger partial charge in [0.1, 0.15) is 5.76 Å². The first-order valence-corrected chi connectivity index (χ1v) is 10.1. The number of ketones is 1. The average molecular weight is 383 g/mol. The van der Waals surface area contributed by atoms with Crippen molar-refractivity contribution >= 4 is 11.7 Å². The number of hydrogen-bond donors (Lipinski definition) is 2. The van der Waals surface area contributed by atoms with Gasteiger partial charge in [0.05, 0.1) is 11.7 Å². The molecule has 5 heteroatoms. The average Bonchev–Trinajstić information content (AvgIpc) is 3.14. The monoisotopic (exact) mass is 383 g/mol. The Hall–Kier alpha value is -2.40. The van der Waals surface area contributed by atoms with Crippen molar-refractivity contribution in [1.82, 2.24) is 5.32 Å². The number of rotatable bonds is 6. The predicted octanol–water partition coefficient (Wildman–Crippen LogP) is 4.37. The van der Waals surface area contributed by atoms with Crippen molar-refractivity contribution in [2.75, 3.05) is 0 Å². The number of hydrogen-bond acceptors (Lipinski definition) is 4. The summed E-state index contributed by atoms with van der Waals surface area (Å²) >= 11 is 0. The zero-order valence-corrected chi connectivity index (χ0v) is 16.8. The number of amides is 1. The first-order chi connectivity index (χ1) is 13.4. The molecule has 1 atom stereocenters. The van der Waals surface area contributed by atoms with E-state index in [1.807, 2.05) is 32.0 Å². The Balaban J connectivity index is 1.89. The van der Waals surface area contributed by atoms with E-state index in [9.17, 15) is 14.7 Å². The third-order valence-electron chi connectivity index (χ3n) is 5.57. The summed E-state index contributed by atoms with van der Waals surface area (Å²) in [4.78, 5) is 25.2. The van der Waals surface area contributed by atoms with E-state index in [1.165, 1.54) is 0 Å². The van der Waals surface area contributed by atoms with Crippen LogP contribution in [0, 0.1) is 6.92 Å². The van der Waals surface area contributed by atoms with Gasteiger partial charge in [-0.05, 0) is 38.2 Å². The third-order valence-corrected chi connectivity index (χ3v) is 5.57. The van der Waals surface area contributed by atoms with Gasteiger partial charge >= 0.3 is 0 Å². The molecule has 1 heterocycles. The van der Waals surface area contributed by atoms with Crippen molar-refractivity contribution in [3.8, 4) is 0 Å². The number of nitrogens with one attached hydrogen (secondary N) is 1. The first-order valence-electron chi connectivity index (χ1n) is 10.1. The number of benzene rings is 1. The van der Waals surface area contributed by atoms with Gasteiger partial charge in [0, 0.05) is 24.4 Å². The number of carbonyl (C=O) groups is 2. The maximum atomic E-state index is 13.0. The Bertz CT molecular complexity index is 846. The summed E-state index contributed by atoms with van der Waals surface area (Å²) in [5, 5.41) is 12.7. The van der Waals surface area contributed by atoms with Gasteiger partial charge in [-0.3, -0.25) is 9.59 Å². The number of furan rings is 1. The Morgan fingerprint density at radius 2 is 1.93 bits per heavy atom. The van der Waals surface area contributed by atoms with E-state index in [0.717, 1.165) is 24.0 Å². The minimum atomic E-state index is -0.271. The van der Waals surface area contributed by atoms with E-state index in [2.05, 4.69) is 11.4 Å². The number of Topliss-reactive ketones (excluding diaryl/α,β-unsaturated/α-hetero) is 1. The van der Waals surface area contributed by atoms with Crippen LogP contribution < -0.4 is 5.32 Å². The molecule has 0 spiro atoms. The van der Waals surface area contributed by atoms with E-state index >= 15 is 0 Å². The van der Waals surface area contributed by atoms with E-state index in [-0.39, 0.29) is 35.5 Å². The molecule has 2 N–H and O–H groups in total. The highest BCUT2D eigenvalue weighted by molar-refractivity contribution is 6.00. The second-order valence-corrected chi connectivity index (χ2v) is 7.78. The quantitative estimate of drug-likeness (QED) is 0.726. The molecule has 3 rings (SSSR count). The molecule has 28 heavy (non-hydrogen) atoms. The Kier molecular flexibility index (Phi) is 6.35. The van der Waals surface area contributed by atoms with Gasteiger partial charge in [-0.2, -0.15) is 0 Å². The molecule has 1 aromatic heterocycles. The van der Waals surface area contributed by atoms with Crippen LogP contribution in [0.15, 0.2) is 34.7 Å². The summed E-state index contributed by atoms with van der Waals surface area (Å²) < 4.78 is 5.90. The van der Waals surface area contributed by atoms with Crippen LogP contribution in [0.4, 0.5) is 0 Å². The van der Waals surface area contributed by atoms with Crippen molar-refractivity contribution < 1.29 is 19.1 Å². The summed E-state index contributed by atoms with van der Waals surface area (Å²) in [6.45, 7) is 5.79. The molecule has 0 bridgehead atoms. The topological polar surface area (TPSA) is 79.5 Å². The molecule has 0 radical (unpaired) electrons. The van der Waals surface area contributed by atoms with E-state index in [4.69, 9.17) is 4.42 Å². The van der Waals surface area contributed by atoms with E-state index < -0.39 is 0 Å². The zero-order valence-electron chi connectivity index (χ0n) is 16.8. The van der Waals surface area contributed by atoms with E-state index in [0.29, 0.717) is 30.6 Å². The van der Waals surface area contributed by atoms with Crippen molar-refractivity contribution in [2.45, 2.75) is 70.9 Å². The molecule has 1 aliphatic rings. The summed E-state index contributed by atoms with van der Waals surface area (Å²) in [5.74, 6) is 0.288. The molecule has 5 nitrogen and oxygen atoms in total. The lowest BCUT2D eigenvalue weighted by Crippen LogP contribution is -2.38. The van der Waals surface area contributed by atoms with Crippen molar-refractivity contribution in [3.63, 3.8) is 0 Å². The summed E-state index contributed by atoms with van der Waals surface area (Å²) in [5.41, 5.74) is 2.60. The number of carbonyl (C=O) groups excluding carboxylic acids is 2. The van der Waals surface area contributed by atoms with Gasteiger partial charge in [0.2, 0.25) is 0 Å². The fourth-order valence-corrected chi connectivity index (χ4v) is 3.79. The van der Waals surface area contributed by atoms with Crippen LogP contribution in [-0.2, 0) is 0 Å². The Labute approximate surface area is 166 Å². The van der Waals surface area contributed by atoms with Crippen LogP contribution in [0.25, 0.3) is 0 Å². The Morgan fingerprint density at radius 1 is 1.21 bits per heavy atom. The van der Waals surface area contributed by atoms with Crippen LogP contribution in [0.3, 0.4) is 0 Å². The second-order valence-electron chi connectivity index (χ2n) is 7.78. The minimum absolute atomic E-state index is 0.0400. The van der Waals surface area contributed by atoms with Crippen LogP contribution in [0.1, 0.15) is 89.7 Å². The molecule has 1 fully saturated rings. The molecular weight excluding hydrogens is 354 g/mol. The molecule has 0 aliphatic heterocycles. The highest BCUT2D eigenvalue weighted by Gasteiger charge is 2.28. The summed E-state index contributed by atoms with van der Waals surface area (Å²) in [7, 11) is 0. The highest BCUT2D eigenvalue weighted by Crippen LogP contribution is 2.31. The van der Waals surface area contributed by atoms with Gasteiger partial charge in [-0.15, -0.1) is 0 Å². The number of aliphatic hydroxyl groups excluding tert-OH is 1. The maximum absolute atomic E-state index is 13.0. The van der Waals surface area contributed by atoms with Crippen LogP contribution in [0.2, 0.25) is 0 Å². The summed E-state index contributed by atoms with van der Waals surface area (Å²) in [6, 6.07) is 9.70. The van der Waals surface area contributed by atoms with Gasteiger partial charge in [-0.1, -0.05) is 43.7 Å². The SMILES string of the molecule is CCC(=O)c1cc(C(=O)NC2CCC(O)CC2)c([C@@H](C)c2cccc(C)c2)o1. The predicted molar refractivity (Wildman–Crippen MR) is 108 cm³/mol. The standard InChI is InChI=1S/C23H29NO4/c1-4-20(26)21-13-19(23(27)24-17-8-10-18(25)11-9-17)22(28-21)15(3)16-7-5-6-14(2)12-16/h5-7,12-13,15,17-18,25H,4,8-11H2,1-3H3,(H,24,27)/t15-,17?,18?/m0/s1. The van der Waals surface area contributed by atoms with Gasteiger partial charge < -0.3 is 14.8 Å². The molecular formula is C23H29NO4. The van der Waals surface area contributed by atoms with Crippen LogP contribution >= 0.6 is 0 Å². The van der Waals surface area contributed by atoms with Crippen LogP contribution in [0.5, 0.6) is 0 Å². The fraction of sp³-hybridized carbons (Fsp3) is 0.478. The zero-order chi connectivity index (χ0) is 20.3. The van der Waals surface area contributed by atoms with Crippen molar-refractivity contribution in [1.29, 1.82) is 0 Å². The molecule has 2 aromatic rings. The lowest BCUT2D eigenvalue weighted by molar-refractivity contribution is 0.0865. The maximum Gasteiger partial charge on any atom is 0.255 e. The third kappa shape index (κ3) is 4.53. The van der Waals surface area contributed by atoms with Gasteiger partial charge in [0.25, 0.3) is 5.91 Å². The van der Waals surface area contributed by atoms with Gasteiger partial charge in [0.15, 0.2) is 11.5 Å². The second kappa shape index (κ2) is 8.74. The number of aryl methyl sites for hydroxylation is 1. The van der Waals surface area contributed by atoms with E-state index in [1.54, 1.807) is 13.0 Å². The summed E-state index contributed by atoms with van der Waals surface area (Å²) in [6.07, 6.45) is 2.97. The highest BCUT2D eigenvalue weighted by atomic mass is 16.3. The number of aliphatic hydroxyl groups is 1. The molecule has 0 unspecified atom stereocenters. The normalized spacial score (nSPS) is 20.6. The molecule has 0 saturated heterocycles. The lowest BCUT2D eigenvalue weighted by atomic mass is 9.92. The molecule has 1 saturated carbocycles. The Morgan fingerprint density at radius 3 is 2.57 bits per heavy atom. The molecule has 150 valence electrons. The molecule has 1 aromatic carbocycles. The fourth-order valence-electron chi connectivity index (χ4n) is 3.79. The molecule has 1 amide bonds. The smallest absolute Gasteiger partial charge is 0.255 e. The minimum Gasteiger partial charge on any atom is -0.456 e. The van der Waals surface area contributed by atoms with Crippen molar-refractivity contribution in [2.24, 2.45) is 0 Å².